The molecule has 2 aromatic heterocycles. The van der Waals surface area contributed by atoms with Gasteiger partial charge in [0.15, 0.2) is 0 Å². The molecule has 2 heterocycles. The van der Waals surface area contributed by atoms with Gasteiger partial charge in [0.2, 0.25) is 0 Å². The molecule has 2 N–H and O–H groups in total. The van der Waals surface area contributed by atoms with Gasteiger partial charge in [-0.15, -0.1) is 11.3 Å². The third kappa shape index (κ3) is 3.18. The molecule has 0 bridgehead atoms. The zero-order valence-corrected chi connectivity index (χ0v) is 13.6. The van der Waals surface area contributed by atoms with E-state index >= 15 is 0 Å². The molecule has 0 spiro atoms. The predicted octanol–water partition coefficient (Wildman–Crippen LogP) is 4.33. The highest BCUT2D eigenvalue weighted by Gasteiger charge is 2.28. The molecule has 0 radical (unpaired) electrons. The Morgan fingerprint density at radius 3 is 2.71 bits per heavy atom. The van der Waals surface area contributed by atoms with Crippen LogP contribution in [0.3, 0.4) is 0 Å². The first kappa shape index (κ1) is 14.3. The minimum Gasteiger partial charge on any atom is -0.370 e. The minimum absolute atomic E-state index is 0.264. The quantitative estimate of drug-likeness (QED) is 0.834. The first-order valence-electron chi connectivity index (χ1n) is 7.61. The molecule has 0 aromatic carbocycles. The predicted molar refractivity (Wildman–Crippen MR) is 89.3 cm³/mol. The van der Waals surface area contributed by atoms with Gasteiger partial charge in [0, 0.05) is 22.9 Å². The van der Waals surface area contributed by atoms with E-state index in [0.29, 0.717) is 5.92 Å². The fourth-order valence-corrected chi connectivity index (χ4v) is 3.09. The largest absolute Gasteiger partial charge is 0.370 e. The number of nitrogens with zero attached hydrogens (tertiary/aromatic N) is 2. The maximum atomic E-state index is 4.77. The van der Waals surface area contributed by atoms with Crippen LogP contribution in [0.1, 0.15) is 54.9 Å². The van der Waals surface area contributed by atoms with E-state index in [1.165, 1.54) is 17.7 Å². The second-order valence-corrected chi connectivity index (χ2v) is 6.57. The summed E-state index contributed by atoms with van der Waals surface area (Å²) in [4.78, 5) is 10.8. The molecule has 3 rings (SSSR count). The van der Waals surface area contributed by atoms with Crippen LogP contribution >= 0.6 is 11.3 Å². The molecule has 1 fully saturated rings. The van der Waals surface area contributed by atoms with E-state index < -0.39 is 0 Å². The molecular weight excluding hydrogens is 280 g/mol. The molecule has 1 aliphatic carbocycles. The van der Waals surface area contributed by atoms with Crippen molar-refractivity contribution in [3.63, 3.8) is 0 Å². The van der Waals surface area contributed by atoms with Gasteiger partial charge >= 0.3 is 0 Å². The number of nitrogens with one attached hydrogen (secondary N) is 2. The lowest BCUT2D eigenvalue weighted by Gasteiger charge is -2.18. The summed E-state index contributed by atoms with van der Waals surface area (Å²) >= 11 is 1.77. The molecule has 0 aliphatic heterocycles. The SMILES string of the molecule is CCNc1nc(C2CC2)nc(NC(C)c2cccs2)c1C. The van der Waals surface area contributed by atoms with Crippen molar-refractivity contribution in [3.05, 3.63) is 33.8 Å². The van der Waals surface area contributed by atoms with Crippen LogP contribution in [0, 0.1) is 6.92 Å². The zero-order valence-electron chi connectivity index (χ0n) is 12.8. The maximum Gasteiger partial charge on any atom is 0.136 e. The highest BCUT2D eigenvalue weighted by atomic mass is 32.1. The van der Waals surface area contributed by atoms with Crippen LogP contribution in [0.5, 0.6) is 0 Å². The van der Waals surface area contributed by atoms with E-state index in [4.69, 9.17) is 9.97 Å². The zero-order chi connectivity index (χ0) is 14.8. The van der Waals surface area contributed by atoms with E-state index in [2.05, 4.69) is 48.9 Å². The number of hydrogen-bond acceptors (Lipinski definition) is 5. The van der Waals surface area contributed by atoms with Gasteiger partial charge in [0.05, 0.1) is 6.04 Å². The van der Waals surface area contributed by atoms with E-state index in [9.17, 15) is 0 Å². The van der Waals surface area contributed by atoms with Crippen LogP contribution in [0.4, 0.5) is 11.6 Å². The van der Waals surface area contributed by atoms with Crippen LogP contribution in [-0.4, -0.2) is 16.5 Å². The summed E-state index contributed by atoms with van der Waals surface area (Å²) in [7, 11) is 0. The molecule has 4 nitrogen and oxygen atoms in total. The van der Waals surface area contributed by atoms with Gasteiger partial charge in [-0.25, -0.2) is 9.97 Å². The summed E-state index contributed by atoms with van der Waals surface area (Å²) in [6.07, 6.45) is 2.43. The van der Waals surface area contributed by atoms with Crippen molar-refractivity contribution in [1.82, 2.24) is 9.97 Å². The fourth-order valence-electron chi connectivity index (χ4n) is 2.35. The number of hydrogen-bond donors (Lipinski definition) is 2. The van der Waals surface area contributed by atoms with Crippen LogP contribution in [0.15, 0.2) is 17.5 Å². The molecule has 1 unspecified atom stereocenters. The van der Waals surface area contributed by atoms with Crippen LogP contribution in [-0.2, 0) is 0 Å². The lowest BCUT2D eigenvalue weighted by Crippen LogP contribution is -2.13. The molecule has 1 saturated carbocycles. The minimum atomic E-state index is 0.264. The van der Waals surface area contributed by atoms with Crippen molar-refractivity contribution in [2.75, 3.05) is 17.2 Å². The van der Waals surface area contributed by atoms with Gasteiger partial charge in [-0.05, 0) is 45.1 Å². The Labute approximate surface area is 130 Å². The Morgan fingerprint density at radius 2 is 2.10 bits per heavy atom. The van der Waals surface area contributed by atoms with Crippen molar-refractivity contribution in [2.45, 2.75) is 45.6 Å². The van der Waals surface area contributed by atoms with Gasteiger partial charge in [0.1, 0.15) is 17.5 Å². The molecule has 5 heteroatoms. The third-order valence-corrected chi connectivity index (χ3v) is 4.83. The summed E-state index contributed by atoms with van der Waals surface area (Å²) in [5, 5.41) is 9.02. The lowest BCUT2D eigenvalue weighted by atomic mass is 10.2. The average Bonchev–Trinajstić information content (AvgIpc) is 3.17. The van der Waals surface area contributed by atoms with Gasteiger partial charge in [0.25, 0.3) is 0 Å². The fraction of sp³-hybridized carbons (Fsp3) is 0.500. The molecular formula is C16H22N4S. The van der Waals surface area contributed by atoms with E-state index in [1.807, 2.05) is 0 Å². The number of thiophene rings is 1. The van der Waals surface area contributed by atoms with Crippen molar-refractivity contribution in [1.29, 1.82) is 0 Å². The molecule has 0 amide bonds. The monoisotopic (exact) mass is 302 g/mol. The summed E-state index contributed by atoms with van der Waals surface area (Å²) in [5.41, 5.74) is 1.10. The highest BCUT2D eigenvalue weighted by molar-refractivity contribution is 7.10. The smallest absolute Gasteiger partial charge is 0.136 e. The summed E-state index contributed by atoms with van der Waals surface area (Å²) in [5.74, 6) is 3.47. The molecule has 2 aromatic rings. The number of rotatable bonds is 6. The van der Waals surface area contributed by atoms with E-state index in [0.717, 1.165) is 29.6 Å². The molecule has 0 saturated heterocycles. The first-order valence-corrected chi connectivity index (χ1v) is 8.49. The van der Waals surface area contributed by atoms with Crippen molar-refractivity contribution >= 4 is 23.0 Å². The maximum absolute atomic E-state index is 4.77. The summed E-state index contributed by atoms with van der Waals surface area (Å²) < 4.78 is 0. The van der Waals surface area contributed by atoms with Crippen molar-refractivity contribution < 1.29 is 0 Å². The van der Waals surface area contributed by atoms with E-state index in [1.54, 1.807) is 11.3 Å². The molecule has 1 atom stereocenters. The second-order valence-electron chi connectivity index (χ2n) is 5.59. The lowest BCUT2D eigenvalue weighted by molar-refractivity contribution is 0.861. The Bertz CT molecular complexity index is 605. The van der Waals surface area contributed by atoms with Gasteiger partial charge < -0.3 is 10.6 Å². The Balaban J connectivity index is 1.88. The third-order valence-electron chi connectivity index (χ3n) is 3.77. The first-order chi connectivity index (χ1) is 10.2. The van der Waals surface area contributed by atoms with Gasteiger partial charge in [-0.3, -0.25) is 0 Å². The molecule has 1 aliphatic rings. The average molecular weight is 302 g/mol. The highest BCUT2D eigenvalue weighted by Crippen LogP contribution is 2.40. The van der Waals surface area contributed by atoms with Gasteiger partial charge in [-0.2, -0.15) is 0 Å². The Hall–Kier alpha value is -1.62. The van der Waals surface area contributed by atoms with E-state index in [-0.39, 0.29) is 6.04 Å². The van der Waals surface area contributed by atoms with Gasteiger partial charge in [-0.1, -0.05) is 6.07 Å². The van der Waals surface area contributed by atoms with Crippen LogP contribution in [0.25, 0.3) is 0 Å². The Kier molecular flexibility index (Phi) is 4.10. The standard InChI is InChI=1S/C16H22N4S/c1-4-17-14-10(2)15(20-16(19-14)12-7-8-12)18-11(3)13-6-5-9-21-13/h5-6,9,11-12H,4,7-8H2,1-3H3,(H2,17,18,19,20). The van der Waals surface area contributed by atoms with Crippen molar-refractivity contribution in [3.8, 4) is 0 Å². The summed E-state index contributed by atoms with van der Waals surface area (Å²) in [6, 6.07) is 4.51. The van der Waals surface area contributed by atoms with Crippen LogP contribution in [0.2, 0.25) is 0 Å². The van der Waals surface area contributed by atoms with Crippen molar-refractivity contribution in [2.24, 2.45) is 0 Å². The Morgan fingerprint density at radius 1 is 1.33 bits per heavy atom. The number of anilines is 2. The molecule has 21 heavy (non-hydrogen) atoms. The van der Waals surface area contributed by atoms with Crippen LogP contribution < -0.4 is 10.6 Å². The summed E-state index contributed by atoms with van der Waals surface area (Å²) in [6.45, 7) is 7.23. The topological polar surface area (TPSA) is 49.8 Å². The second kappa shape index (κ2) is 6.02. The normalized spacial score (nSPS) is 15.8. The molecule has 112 valence electrons. The number of aromatic nitrogens is 2.